The summed E-state index contributed by atoms with van der Waals surface area (Å²) in [6.07, 6.45) is 0. The molecule has 3 nitrogen and oxygen atoms in total. The second-order valence-corrected chi connectivity index (χ2v) is 4.40. The predicted molar refractivity (Wildman–Crippen MR) is 65.5 cm³/mol. The summed E-state index contributed by atoms with van der Waals surface area (Å²) in [5.74, 6) is 0.00623. The molecule has 0 aromatic heterocycles. The Morgan fingerprint density at radius 1 is 1.35 bits per heavy atom. The number of benzene rings is 1. The lowest BCUT2D eigenvalue weighted by molar-refractivity contribution is 0.0353. The Balaban J connectivity index is 2.00. The lowest BCUT2D eigenvalue weighted by Crippen LogP contribution is -2.40. The molecule has 1 saturated heterocycles. The summed E-state index contributed by atoms with van der Waals surface area (Å²) < 4.78 is 18.5. The Labute approximate surface area is 101 Å². The van der Waals surface area contributed by atoms with Crippen molar-refractivity contribution in [2.75, 3.05) is 39.4 Å². The second kappa shape index (κ2) is 6.10. The molecule has 4 heteroatoms. The maximum absolute atomic E-state index is 13.2. The van der Waals surface area contributed by atoms with E-state index >= 15 is 0 Å². The summed E-state index contributed by atoms with van der Waals surface area (Å²) in [6, 6.07) is 6.73. The normalized spacial score (nSPS) is 19.2. The number of hydrogen-bond donors (Lipinski definition) is 1. The number of nitrogens with zero attached hydrogens (tertiary/aromatic N) is 1. The molecule has 1 aromatic rings. The molecule has 0 spiro atoms. The standard InChI is InChI=1S/C13H19FN2O/c14-13-3-1-2-11(8-13)12(9-15)10-16-4-6-17-7-5-16/h1-3,8,12H,4-7,9-10,15H2. The van der Waals surface area contributed by atoms with Gasteiger partial charge >= 0.3 is 0 Å². The molecule has 1 aromatic carbocycles. The Morgan fingerprint density at radius 2 is 2.12 bits per heavy atom. The molecule has 2 N–H and O–H groups in total. The zero-order valence-electron chi connectivity index (χ0n) is 9.94. The number of halogens is 1. The summed E-state index contributed by atoms with van der Waals surface area (Å²) >= 11 is 0. The van der Waals surface area contributed by atoms with E-state index in [9.17, 15) is 4.39 Å². The van der Waals surface area contributed by atoms with Crippen LogP contribution in [0.3, 0.4) is 0 Å². The van der Waals surface area contributed by atoms with E-state index in [-0.39, 0.29) is 11.7 Å². The summed E-state index contributed by atoms with van der Waals surface area (Å²) in [7, 11) is 0. The highest BCUT2D eigenvalue weighted by atomic mass is 19.1. The summed E-state index contributed by atoms with van der Waals surface area (Å²) in [4.78, 5) is 2.33. The van der Waals surface area contributed by atoms with Crippen molar-refractivity contribution in [3.63, 3.8) is 0 Å². The van der Waals surface area contributed by atoms with E-state index in [2.05, 4.69) is 4.90 Å². The van der Waals surface area contributed by atoms with Crippen molar-refractivity contribution < 1.29 is 9.13 Å². The van der Waals surface area contributed by atoms with E-state index < -0.39 is 0 Å². The first-order chi connectivity index (χ1) is 8.29. The van der Waals surface area contributed by atoms with Crippen LogP contribution in [0.2, 0.25) is 0 Å². The predicted octanol–water partition coefficient (Wildman–Crippen LogP) is 1.20. The number of hydrogen-bond acceptors (Lipinski definition) is 3. The van der Waals surface area contributed by atoms with Crippen molar-refractivity contribution in [2.24, 2.45) is 5.73 Å². The van der Waals surface area contributed by atoms with Crippen LogP contribution in [-0.2, 0) is 4.74 Å². The molecular weight excluding hydrogens is 219 g/mol. The van der Waals surface area contributed by atoms with Gasteiger partial charge in [0.05, 0.1) is 13.2 Å². The number of rotatable bonds is 4. The Bertz CT molecular complexity index is 353. The third kappa shape index (κ3) is 3.49. The van der Waals surface area contributed by atoms with Crippen molar-refractivity contribution in [3.8, 4) is 0 Å². The number of ether oxygens (including phenoxy) is 1. The van der Waals surface area contributed by atoms with Crippen LogP contribution in [-0.4, -0.2) is 44.3 Å². The van der Waals surface area contributed by atoms with E-state index in [1.807, 2.05) is 6.07 Å². The van der Waals surface area contributed by atoms with Gasteiger partial charge in [0, 0.05) is 32.1 Å². The summed E-state index contributed by atoms with van der Waals surface area (Å²) in [6.45, 7) is 4.85. The van der Waals surface area contributed by atoms with Gasteiger partial charge in [0.25, 0.3) is 0 Å². The average molecular weight is 238 g/mol. The van der Waals surface area contributed by atoms with E-state index in [4.69, 9.17) is 10.5 Å². The van der Waals surface area contributed by atoms with Crippen LogP contribution in [0.5, 0.6) is 0 Å². The highest BCUT2D eigenvalue weighted by molar-refractivity contribution is 5.21. The quantitative estimate of drug-likeness (QED) is 0.856. The van der Waals surface area contributed by atoms with Gasteiger partial charge in [-0.3, -0.25) is 4.90 Å². The third-order valence-corrected chi connectivity index (χ3v) is 3.19. The van der Waals surface area contributed by atoms with Crippen molar-refractivity contribution in [1.29, 1.82) is 0 Å². The molecular formula is C13H19FN2O. The van der Waals surface area contributed by atoms with Crippen LogP contribution < -0.4 is 5.73 Å². The number of nitrogens with two attached hydrogens (primary N) is 1. The van der Waals surface area contributed by atoms with E-state index in [1.165, 1.54) is 6.07 Å². The van der Waals surface area contributed by atoms with Gasteiger partial charge in [-0.1, -0.05) is 12.1 Å². The fraction of sp³-hybridized carbons (Fsp3) is 0.538. The first kappa shape index (κ1) is 12.5. The molecule has 17 heavy (non-hydrogen) atoms. The van der Waals surface area contributed by atoms with Crippen molar-refractivity contribution in [2.45, 2.75) is 5.92 Å². The van der Waals surface area contributed by atoms with Gasteiger partial charge in [0.15, 0.2) is 0 Å². The second-order valence-electron chi connectivity index (χ2n) is 4.40. The van der Waals surface area contributed by atoms with Crippen LogP contribution in [0.25, 0.3) is 0 Å². The van der Waals surface area contributed by atoms with E-state index in [0.717, 1.165) is 38.4 Å². The fourth-order valence-corrected chi connectivity index (χ4v) is 2.17. The maximum atomic E-state index is 13.2. The summed E-state index contributed by atoms with van der Waals surface area (Å²) in [5, 5.41) is 0. The molecule has 1 fully saturated rings. The van der Waals surface area contributed by atoms with Crippen molar-refractivity contribution in [3.05, 3.63) is 35.6 Å². The molecule has 2 rings (SSSR count). The molecule has 1 aliphatic heterocycles. The van der Waals surface area contributed by atoms with Crippen LogP contribution in [0, 0.1) is 5.82 Å². The highest BCUT2D eigenvalue weighted by Gasteiger charge is 2.17. The molecule has 0 aliphatic carbocycles. The van der Waals surface area contributed by atoms with E-state index in [0.29, 0.717) is 6.54 Å². The fourth-order valence-electron chi connectivity index (χ4n) is 2.17. The van der Waals surface area contributed by atoms with Crippen LogP contribution in [0.1, 0.15) is 11.5 Å². The van der Waals surface area contributed by atoms with Gasteiger partial charge in [0.1, 0.15) is 5.82 Å². The third-order valence-electron chi connectivity index (χ3n) is 3.19. The Hall–Kier alpha value is -0.970. The molecule has 1 heterocycles. The SMILES string of the molecule is NCC(CN1CCOCC1)c1cccc(F)c1. The van der Waals surface area contributed by atoms with E-state index in [1.54, 1.807) is 12.1 Å². The van der Waals surface area contributed by atoms with Crippen LogP contribution in [0.4, 0.5) is 4.39 Å². The average Bonchev–Trinajstić information content (AvgIpc) is 2.37. The lowest BCUT2D eigenvalue weighted by atomic mass is 9.98. The first-order valence-corrected chi connectivity index (χ1v) is 6.05. The number of morpholine rings is 1. The largest absolute Gasteiger partial charge is 0.379 e. The molecule has 0 saturated carbocycles. The van der Waals surface area contributed by atoms with Gasteiger partial charge < -0.3 is 10.5 Å². The molecule has 0 radical (unpaired) electrons. The minimum atomic E-state index is -0.192. The zero-order chi connectivity index (χ0) is 12.1. The molecule has 1 aliphatic rings. The maximum Gasteiger partial charge on any atom is 0.123 e. The lowest BCUT2D eigenvalue weighted by Gasteiger charge is -2.30. The molecule has 0 bridgehead atoms. The van der Waals surface area contributed by atoms with Gasteiger partial charge in [-0.05, 0) is 17.7 Å². The van der Waals surface area contributed by atoms with Crippen molar-refractivity contribution in [1.82, 2.24) is 4.90 Å². The topological polar surface area (TPSA) is 38.5 Å². The first-order valence-electron chi connectivity index (χ1n) is 6.05. The van der Waals surface area contributed by atoms with Gasteiger partial charge in [-0.15, -0.1) is 0 Å². The Morgan fingerprint density at radius 3 is 2.76 bits per heavy atom. The minimum Gasteiger partial charge on any atom is -0.379 e. The smallest absolute Gasteiger partial charge is 0.123 e. The van der Waals surface area contributed by atoms with Crippen LogP contribution >= 0.6 is 0 Å². The van der Waals surface area contributed by atoms with Crippen LogP contribution in [0.15, 0.2) is 24.3 Å². The van der Waals surface area contributed by atoms with Gasteiger partial charge in [-0.2, -0.15) is 0 Å². The molecule has 0 amide bonds. The molecule has 1 atom stereocenters. The van der Waals surface area contributed by atoms with Gasteiger partial charge in [-0.25, -0.2) is 4.39 Å². The molecule has 94 valence electrons. The monoisotopic (exact) mass is 238 g/mol. The van der Waals surface area contributed by atoms with Gasteiger partial charge in [0.2, 0.25) is 0 Å². The summed E-state index contributed by atoms with van der Waals surface area (Å²) in [5.41, 5.74) is 6.78. The molecule has 1 unspecified atom stereocenters. The zero-order valence-corrected chi connectivity index (χ0v) is 9.94. The minimum absolute atomic E-state index is 0.192. The Kier molecular flexibility index (Phi) is 4.48. The van der Waals surface area contributed by atoms with Crippen molar-refractivity contribution >= 4 is 0 Å². The highest BCUT2D eigenvalue weighted by Crippen LogP contribution is 2.17.